The molecule has 29 heavy (non-hydrogen) atoms. The fraction of sp³-hybridized carbons (Fsp3) is 0.600. The summed E-state index contributed by atoms with van der Waals surface area (Å²) in [5.41, 5.74) is 4.74. The number of carbonyl (C=O) groups is 2. The summed E-state index contributed by atoms with van der Waals surface area (Å²) in [6, 6.07) is 0. The van der Waals surface area contributed by atoms with Crippen molar-refractivity contribution in [1.82, 2.24) is 14.1 Å². The molecule has 1 aromatic carbocycles. The maximum atomic E-state index is 13.4. The van der Waals surface area contributed by atoms with Crippen LogP contribution in [0.1, 0.15) is 27.8 Å². The summed E-state index contributed by atoms with van der Waals surface area (Å²) >= 11 is 1.23. The van der Waals surface area contributed by atoms with Crippen LogP contribution in [0.15, 0.2) is 4.90 Å². The summed E-state index contributed by atoms with van der Waals surface area (Å²) in [5.74, 6) is 0.596. The number of carbonyl (C=O) groups excluding carboxylic acids is 2. The highest BCUT2D eigenvalue weighted by atomic mass is 32.2. The third-order valence-electron chi connectivity index (χ3n) is 6.29. The van der Waals surface area contributed by atoms with E-state index in [0.717, 1.165) is 27.8 Å². The molecule has 0 radical (unpaired) electrons. The molecule has 0 unspecified atom stereocenters. The summed E-state index contributed by atoms with van der Waals surface area (Å²) in [7, 11) is -3.64. The smallest absolute Gasteiger partial charge is 0.282 e. The lowest BCUT2D eigenvalue weighted by Crippen LogP contribution is -2.52. The lowest BCUT2D eigenvalue weighted by molar-refractivity contribution is -0.132. The highest BCUT2D eigenvalue weighted by molar-refractivity contribution is 8.13. The highest BCUT2D eigenvalue weighted by Gasteiger charge is 2.34. The molecule has 3 rings (SSSR count). The molecule has 0 aliphatic carbocycles. The summed E-state index contributed by atoms with van der Waals surface area (Å²) in [4.78, 5) is 27.8. The fourth-order valence-corrected chi connectivity index (χ4v) is 6.80. The molecule has 0 atom stereocenters. The Hall–Kier alpha value is -1.58. The van der Waals surface area contributed by atoms with Gasteiger partial charge in [0.25, 0.3) is 5.24 Å². The van der Waals surface area contributed by atoms with Gasteiger partial charge in [0.1, 0.15) is 6.54 Å². The minimum Gasteiger partial charge on any atom is -0.339 e. The lowest BCUT2D eigenvalue weighted by atomic mass is 9.95. The maximum Gasteiger partial charge on any atom is 0.282 e. The van der Waals surface area contributed by atoms with E-state index in [1.165, 1.54) is 16.1 Å². The van der Waals surface area contributed by atoms with Gasteiger partial charge in [-0.05, 0) is 62.4 Å². The first kappa shape index (κ1) is 22.1. The average molecular weight is 440 g/mol. The van der Waals surface area contributed by atoms with Crippen molar-refractivity contribution in [1.29, 1.82) is 0 Å². The van der Waals surface area contributed by atoms with E-state index in [0.29, 0.717) is 30.3 Å². The molecule has 160 valence electrons. The van der Waals surface area contributed by atoms with E-state index in [9.17, 15) is 18.0 Å². The number of amides is 2. The Morgan fingerprint density at radius 2 is 1.38 bits per heavy atom. The molecule has 9 heteroatoms. The molecular weight excluding hydrogens is 410 g/mol. The van der Waals surface area contributed by atoms with Gasteiger partial charge in [-0.25, -0.2) is 8.42 Å². The third-order valence-corrected chi connectivity index (χ3v) is 9.36. The molecular formula is C20H29N3O4S2. The van der Waals surface area contributed by atoms with Gasteiger partial charge in [0.2, 0.25) is 15.9 Å². The van der Waals surface area contributed by atoms with E-state index in [1.54, 1.807) is 9.80 Å². The van der Waals surface area contributed by atoms with Crippen LogP contribution in [0.4, 0.5) is 4.79 Å². The van der Waals surface area contributed by atoms with Gasteiger partial charge in [-0.3, -0.25) is 9.59 Å². The van der Waals surface area contributed by atoms with Crippen molar-refractivity contribution in [3.05, 3.63) is 27.8 Å². The second kappa shape index (κ2) is 8.28. The third kappa shape index (κ3) is 4.04. The van der Waals surface area contributed by atoms with Crippen molar-refractivity contribution in [2.75, 3.05) is 45.0 Å². The number of sulfonamides is 1. The molecule has 0 bridgehead atoms. The molecule has 2 aliphatic heterocycles. The number of thioether (sulfide) groups is 1. The largest absolute Gasteiger partial charge is 0.339 e. The van der Waals surface area contributed by atoms with Crippen LogP contribution in [0.5, 0.6) is 0 Å². The molecule has 7 nitrogen and oxygen atoms in total. The standard InChI is InChI=1S/C20H29N3O4S2/c1-13-14(2)16(4)19(17(5)15(13)3)29(26,27)23-8-6-21(7-9-23)18(24)12-22-10-11-28-20(22)25/h6-12H2,1-5H3. The van der Waals surface area contributed by atoms with E-state index in [-0.39, 0.29) is 30.8 Å². The Kier molecular flexibility index (Phi) is 6.31. The Balaban J connectivity index is 1.74. The quantitative estimate of drug-likeness (QED) is 0.719. The fourth-order valence-electron chi connectivity index (χ4n) is 3.99. The second-order valence-electron chi connectivity index (χ2n) is 7.77. The minimum absolute atomic E-state index is 0.0596. The van der Waals surface area contributed by atoms with Crippen LogP contribution >= 0.6 is 11.8 Å². The van der Waals surface area contributed by atoms with Crippen LogP contribution in [0.25, 0.3) is 0 Å². The Labute approximate surface area is 177 Å². The van der Waals surface area contributed by atoms with Gasteiger partial charge < -0.3 is 9.80 Å². The topological polar surface area (TPSA) is 78.0 Å². The van der Waals surface area contributed by atoms with Gasteiger partial charge in [-0.1, -0.05) is 11.8 Å². The van der Waals surface area contributed by atoms with E-state index >= 15 is 0 Å². The Bertz CT molecular complexity index is 922. The van der Waals surface area contributed by atoms with Crippen molar-refractivity contribution in [2.24, 2.45) is 0 Å². The first-order valence-electron chi connectivity index (χ1n) is 9.82. The second-order valence-corrected chi connectivity index (χ2v) is 10.7. The van der Waals surface area contributed by atoms with Gasteiger partial charge in [0.15, 0.2) is 0 Å². The molecule has 2 aliphatic rings. The van der Waals surface area contributed by atoms with E-state index in [1.807, 2.05) is 34.6 Å². The van der Waals surface area contributed by atoms with E-state index in [4.69, 9.17) is 0 Å². The summed E-state index contributed by atoms with van der Waals surface area (Å²) in [6.45, 7) is 11.6. The van der Waals surface area contributed by atoms with Crippen molar-refractivity contribution in [3.8, 4) is 0 Å². The van der Waals surface area contributed by atoms with Crippen LogP contribution in [0.2, 0.25) is 0 Å². The molecule has 2 amide bonds. The normalized spacial score (nSPS) is 18.6. The van der Waals surface area contributed by atoms with Crippen LogP contribution in [0, 0.1) is 34.6 Å². The van der Waals surface area contributed by atoms with Crippen molar-refractivity contribution < 1.29 is 18.0 Å². The number of hydrogen-bond acceptors (Lipinski definition) is 5. The van der Waals surface area contributed by atoms with Crippen LogP contribution in [-0.4, -0.2) is 78.7 Å². The van der Waals surface area contributed by atoms with Gasteiger partial charge >= 0.3 is 0 Å². The summed E-state index contributed by atoms with van der Waals surface area (Å²) in [6.07, 6.45) is 0. The van der Waals surface area contributed by atoms with Gasteiger partial charge in [0.05, 0.1) is 4.90 Å². The number of piperazine rings is 1. The Morgan fingerprint density at radius 1 is 0.862 bits per heavy atom. The van der Waals surface area contributed by atoms with Crippen LogP contribution in [0.3, 0.4) is 0 Å². The van der Waals surface area contributed by atoms with Crippen LogP contribution in [-0.2, 0) is 14.8 Å². The van der Waals surface area contributed by atoms with Crippen molar-refractivity contribution in [2.45, 2.75) is 39.5 Å². The van der Waals surface area contributed by atoms with Crippen molar-refractivity contribution in [3.63, 3.8) is 0 Å². The Morgan fingerprint density at radius 3 is 1.86 bits per heavy atom. The summed E-state index contributed by atoms with van der Waals surface area (Å²) in [5, 5.41) is -0.0596. The minimum atomic E-state index is -3.64. The SMILES string of the molecule is Cc1c(C)c(C)c(S(=O)(=O)N2CCN(C(=O)CN3CCSC3=O)CC2)c(C)c1C. The lowest BCUT2D eigenvalue weighted by Gasteiger charge is -2.35. The number of nitrogens with zero attached hydrogens (tertiary/aromatic N) is 3. The van der Waals surface area contributed by atoms with Crippen molar-refractivity contribution >= 4 is 32.9 Å². The number of hydrogen-bond donors (Lipinski definition) is 0. The highest BCUT2D eigenvalue weighted by Crippen LogP contribution is 2.32. The predicted molar refractivity (Wildman–Crippen MR) is 115 cm³/mol. The monoisotopic (exact) mass is 439 g/mol. The molecule has 0 N–H and O–H groups in total. The number of rotatable bonds is 4. The zero-order chi connectivity index (χ0) is 21.5. The first-order valence-corrected chi connectivity index (χ1v) is 12.2. The first-order chi connectivity index (χ1) is 13.6. The zero-order valence-corrected chi connectivity index (χ0v) is 19.4. The van der Waals surface area contributed by atoms with Crippen LogP contribution < -0.4 is 0 Å². The van der Waals surface area contributed by atoms with Gasteiger partial charge in [0, 0.05) is 38.5 Å². The van der Waals surface area contributed by atoms with Gasteiger partial charge in [-0.2, -0.15) is 4.31 Å². The summed E-state index contributed by atoms with van der Waals surface area (Å²) < 4.78 is 28.3. The average Bonchev–Trinajstić information content (AvgIpc) is 3.09. The van der Waals surface area contributed by atoms with E-state index < -0.39 is 10.0 Å². The molecule has 0 aromatic heterocycles. The molecule has 2 fully saturated rings. The van der Waals surface area contributed by atoms with Gasteiger partial charge in [-0.15, -0.1) is 0 Å². The molecule has 0 saturated carbocycles. The maximum absolute atomic E-state index is 13.4. The number of benzene rings is 1. The molecule has 2 heterocycles. The molecule has 1 aromatic rings. The zero-order valence-electron chi connectivity index (χ0n) is 17.7. The predicted octanol–water partition coefficient (Wildman–Crippen LogP) is 2.23. The van der Waals surface area contributed by atoms with E-state index in [2.05, 4.69) is 0 Å². The molecule has 2 saturated heterocycles. The molecule has 0 spiro atoms.